The molecule has 0 bridgehead atoms. The number of benzene rings is 1. The van der Waals surface area contributed by atoms with Crippen LogP contribution in [0, 0.1) is 11.7 Å². The van der Waals surface area contributed by atoms with E-state index < -0.39 is 5.97 Å². The van der Waals surface area contributed by atoms with E-state index in [0.29, 0.717) is 31.5 Å². The van der Waals surface area contributed by atoms with E-state index in [0.717, 1.165) is 5.56 Å². The van der Waals surface area contributed by atoms with Gasteiger partial charge in [-0.3, -0.25) is 4.79 Å². The lowest BCUT2D eigenvalue weighted by Crippen LogP contribution is -2.45. The SMILES string of the molecule is COCc1cc(CNC(=O)N2CCC(C(=O)O)CC2)ccc1F. The molecule has 6 nitrogen and oxygen atoms in total. The maximum Gasteiger partial charge on any atom is 0.317 e. The quantitative estimate of drug-likeness (QED) is 0.868. The van der Waals surface area contributed by atoms with Crippen molar-refractivity contribution in [2.75, 3.05) is 20.2 Å². The summed E-state index contributed by atoms with van der Waals surface area (Å²) in [5.41, 5.74) is 1.23. The van der Waals surface area contributed by atoms with Gasteiger partial charge in [0.05, 0.1) is 12.5 Å². The number of likely N-dealkylation sites (tertiary alicyclic amines) is 1. The number of amides is 2. The van der Waals surface area contributed by atoms with Crippen LogP contribution in [0.15, 0.2) is 18.2 Å². The third-order valence-corrected chi connectivity index (χ3v) is 3.99. The molecule has 0 aromatic heterocycles. The molecule has 1 fully saturated rings. The lowest BCUT2D eigenvalue weighted by atomic mass is 9.97. The number of carboxylic acid groups (broad SMARTS) is 1. The number of carbonyl (C=O) groups is 2. The van der Waals surface area contributed by atoms with Crippen LogP contribution in [0.25, 0.3) is 0 Å². The molecule has 0 aliphatic carbocycles. The summed E-state index contributed by atoms with van der Waals surface area (Å²) < 4.78 is 18.5. The van der Waals surface area contributed by atoms with Crippen molar-refractivity contribution >= 4 is 12.0 Å². The zero-order valence-electron chi connectivity index (χ0n) is 13.0. The summed E-state index contributed by atoms with van der Waals surface area (Å²) in [6.45, 7) is 1.33. The number of urea groups is 1. The molecule has 0 atom stereocenters. The molecule has 7 heteroatoms. The smallest absolute Gasteiger partial charge is 0.317 e. The van der Waals surface area contributed by atoms with E-state index in [2.05, 4.69) is 5.32 Å². The highest BCUT2D eigenvalue weighted by atomic mass is 19.1. The van der Waals surface area contributed by atoms with Crippen molar-refractivity contribution in [3.8, 4) is 0 Å². The van der Waals surface area contributed by atoms with Crippen molar-refractivity contribution < 1.29 is 23.8 Å². The first-order chi connectivity index (χ1) is 11.0. The van der Waals surface area contributed by atoms with Crippen molar-refractivity contribution in [1.82, 2.24) is 10.2 Å². The third kappa shape index (κ3) is 4.66. The van der Waals surface area contributed by atoms with Crippen LogP contribution in [-0.2, 0) is 22.7 Å². The highest BCUT2D eigenvalue weighted by Crippen LogP contribution is 2.17. The number of methoxy groups -OCH3 is 1. The number of carbonyl (C=O) groups excluding carboxylic acids is 1. The minimum absolute atomic E-state index is 0.177. The fourth-order valence-corrected chi connectivity index (χ4v) is 2.62. The third-order valence-electron chi connectivity index (χ3n) is 3.99. The second-order valence-corrected chi connectivity index (χ2v) is 5.62. The highest BCUT2D eigenvalue weighted by molar-refractivity contribution is 5.75. The number of rotatable bonds is 5. The molecule has 0 spiro atoms. The molecule has 1 aromatic rings. The molecule has 23 heavy (non-hydrogen) atoms. The molecule has 1 aliphatic heterocycles. The second kappa shape index (κ2) is 7.92. The van der Waals surface area contributed by atoms with Crippen molar-refractivity contribution in [2.45, 2.75) is 26.0 Å². The van der Waals surface area contributed by atoms with Gasteiger partial charge in [-0.1, -0.05) is 6.07 Å². The van der Waals surface area contributed by atoms with Crippen LogP contribution in [0.4, 0.5) is 9.18 Å². The number of ether oxygens (including phenoxy) is 1. The lowest BCUT2D eigenvalue weighted by molar-refractivity contribution is -0.143. The summed E-state index contributed by atoms with van der Waals surface area (Å²) in [5.74, 6) is -1.51. The molecule has 2 rings (SSSR count). The first-order valence-electron chi connectivity index (χ1n) is 7.53. The van der Waals surface area contributed by atoms with E-state index >= 15 is 0 Å². The number of aliphatic carboxylic acids is 1. The first-order valence-corrected chi connectivity index (χ1v) is 7.53. The molecule has 126 valence electrons. The number of nitrogens with zero attached hydrogens (tertiary/aromatic N) is 1. The van der Waals surface area contributed by atoms with Crippen LogP contribution in [0.2, 0.25) is 0 Å². The second-order valence-electron chi connectivity index (χ2n) is 5.62. The Balaban J connectivity index is 1.85. The summed E-state index contributed by atoms with van der Waals surface area (Å²) >= 11 is 0. The van der Waals surface area contributed by atoms with Crippen molar-refractivity contribution in [3.63, 3.8) is 0 Å². The van der Waals surface area contributed by atoms with Crippen LogP contribution in [0.3, 0.4) is 0 Å². The van der Waals surface area contributed by atoms with E-state index in [1.54, 1.807) is 17.0 Å². The maximum atomic E-state index is 13.5. The Morgan fingerprint density at radius 1 is 1.39 bits per heavy atom. The first kappa shape index (κ1) is 17.2. The van der Waals surface area contributed by atoms with E-state index in [-0.39, 0.29) is 30.9 Å². The van der Waals surface area contributed by atoms with Gasteiger partial charge in [0.15, 0.2) is 0 Å². The Morgan fingerprint density at radius 3 is 2.70 bits per heavy atom. The Labute approximate surface area is 134 Å². The van der Waals surface area contributed by atoms with Crippen LogP contribution >= 0.6 is 0 Å². The predicted molar refractivity (Wildman–Crippen MR) is 81.3 cm³/mol. The van der Waals surface area contributed by atoms with Crippen molar-refractivity contribution in [3.05, 3.63) is 35.1 Å². The molecule has 2 N–H and O–H groups in total. The van der Waals surface area contributed by atoms with Gasteiger partial charge in [-0.2, -0.15) is 0 Å². The van der Waals surface area contributed by atoms with Crippen LogP contribution in [-0.4, -0.2) is 42.2 Å². The molecule has 0 radical (unpaired) electrons. The van der Waals surface area contributed by atoms with E-state index in [1.165, 1.54) is 13.2 Å². The van der Waals surface area contributed by atoms with E-state index in [1.807, 2.05) is 0 Å². The summed E-state index contributed by atoms with van der Waals surface area (Å²) in [7, 11) is 1.49. The Bertz CT molecular complexity index is 571. The van der Waals surface area contributed by atoms with Gasteiger partial charge in [0.25, 0.3) is 0 Å². The molecule has 1 aliphatic rings. The average molecular weight is 324 g/mol. The minimum atomic E-state index is -0.804. The fourth-order valence-electron chi connectivity index (χ4n) is 2.62. The van der Waals surface area contributed by atoms with Gasteiger partial charge < -0.3 is 20.1 Å². The topological polar surface area (TPSA) is 78.9 Å². The molecule has 2 amide bonds. The number of piperidine rings is 1. The van der Waals surface area contributed by atoms with Gasteiger partial charge in [-0.15, -0.1) is 0 Å². The summed E-state index contributed by atoms with van der Waals surface area (Å²) in [5, 5.41) is 11.7. The number of halogens is 1. The lowest BCUT2D eigenvalue weighted by Gasteiger charge is -2.30. The number of hydrogen-bond donors (Lipinski definition) is 2. The van der Waals surface area contributed by atoms with Crippen molar-refractivity contribution in [2.24, 2.45) is 5.92 Å². The normalized spacial score (nSPS) is 15.5. The molecular weight excluding hydrogens is 303 g/mol. The zero-order valence-corrected chi connectivity index (χ0v) is 13.0. The summed E-state index contributed by atoms with van der Waals surface area (Å²) in [4.78, 5) is 24.6. The minimum Gasteiger partial charge on any atom is -0.481 e. The zero-order chi connectivity index (χ0) is 16.8. The van der Waals surface area contributed by atoms with Crippen LogP contribution in [0.1, 0.15) is 24.0 Å². The van der Waals surface area contributed by atoms with Crippen LogP contribution < -0.4 is 5.32 Å². The monoisotopic (exact) mass is 324 g/mol. The van der Waals surface area contributed by atoms with Gasteiger partial charge in [0.2, 0.25) is 0 Å². The Kier molecular flexibility index (Phi) is 5.92. The molecule has 1 saturated heterocycles. The average Bonchev–Trinajstić information content (AvgIpc) is 2.55. The highest BCUT2D eigenvalue weighted by Gasteiger charge is 2.26. The maximum absolute atomic E-state index is 13.5. The van der Waals surface area contributed by atoms with E-state index in [9.17, 15) is 14.0 Å². The Morgan fingerprint density at radius 2 is 2.09 bits per heavy atom. The number of hydrogen-bond acceptors (Lipinski definition) is 3. The largest absolute Gasteiger partial charge is 0.481 e. The standard InChI is InChI=1S/C16H21FN2O4/c1-23-10-13-8-11(2-3-14(13)17)9-18-16(22)19-6-4-12(5-7-19)15(20)21/h2-3,8,12H,4-7,9-10H2,1H3,(H,18,22)(H,20,21). The van der Waals surface area contributed by atoms with Gasteiger partial charge in [0.1, 0.15) is 5.82 Å². The van der Waals surface area contributed by atoms with Gasteiger partial charge in [-0.25, -0.2) is 9.18 Å². The fraction of sp³-hybridized carbons (Fsp3) is 0.500. The van der Waals surface area contributed by atoms with E-state index in [4.69, 9.17) is 9.84 Å². The molecule has 0 saturated carbocycles. The van der Waals surface area contributed by atoms with Gasteiger partial charge in [-0.05, 0) is 30.5 Å². The summed E-state index contributed by atoms with van der Waals surface area (Å²) in [6, 6.07) is 4.40. The molecule has 1 heterocycles. The van der Waals surface area contributed by atoms with Gasteiger partial charge >= 0.3 is 12.0 Å². The predicted octanol–water partition coefficient (Wildman–Crippen LogP) is 1.98. The van der Waals surface area contributed by atoms with Gasteiger partial charge in [0, 0.05) is 32.3 Å². The Hall–Kier alpha value is -2.15. The summed E-state index contributed by atoms with van der Waals surface area (Å²) in [6.07, 6.45) is 0.939. The molecular formula is C16H21FN2O4. The molecule has 0 unspecified atom stereocenters. The number of carboxylic acids is 1. The van der Waals surface area contributed by atoms with Crippen molar-refractivity contribution in [1.29, 1.82) is 0 Å². The van der Waals surface area contributed by atoms with Crippen LogP contribution in [0.5, 0.6) is 0 Å². The molecule has 1 aromatic carbocycles. The number of nitrogens with one attached hydrogen (secondary N) is 1.